The van der Waals surface area contributed by atoms with Gasteiger partial charge in [-0.05, 0) is 57.6 Å². The zero-order valence-corrected chi connectivity index (χ0v) is 14.3. The first-order valence-electron chi connectivity index (χ1n) is 7.68. The maximum atomic E-state index is 6.20. The van der Waals surface area contributed by atoms with Crippen molar-refractivity contribution in [3.63, 3.8) is 0 Å². The molecule has 0 bridgehead atoms. The second-order valence-electron chi connectivity index (χ2n) is 5.65. The number of rotatable bonds is 8. The Labute approximate surface area is 129 Å². The minimum absolute atomic E-state index is 0.111. The van der Waals surface area contributed by atoms with Gasteiger partial charge in [-0.15, -0.1) is 0 Å². The van der Waals surface area contributed by atoms with Crippen LogP contribution in [-0.2, 0) is 0 Å². The summed E-state index contributed by atoms with van der Waals surface area (Å²) in [6.07, 6.45) is 3.34. The Kier molecular flexibility index (Phi) is 7.01. The van der Waals surface area contributed by atoms with E-state index < -0.39 is 0 Å². The fraction of sp³-hybridized carbons (Fsp3) is 0.647. The molecule has 2 nitrogen and oxygen atoms in total. The lowest BCUT2D eigenvalue weighted by atomic mass is 9.79. The van der Waals surface area contributed by atoms with Crippen LogP contribution in [0.25, 0.3) is 0 Å². The molecule has 20 heavy (non-hydrogen) atoms. The molecule has 1 aromatic rings. The molecule has 3 heteroatoms. The molecule has 0 fully saturated rings. The van der Waals surface area contributed by atoms with Crippen LogP contribution in [0.3, 0.4) is 0 Å². The van der Waals surface area contributed by atoms with Crippen LogP contribution in [0.15, 0.2) is 24.3 Å². The summed E-state index contributed by atoms with van der Waals surface area (Å²) in [5.41, 5.74) is 1.39. The van der Waals surface area contributed by atoms with E-state index in [1.54, 1.807) is 0 Å². The first-order chi connectivity index (χ1) is 9.51. The molecule has 0 spiro atoms. The molecule has 0 aliphatic rings. The lowest BCUT2D eigenvalue weighted by molar-refractivity contribution is 0.0881. The molecule has 1 N–H and O–H groups in total. The number of halogens is 1. The molecular formula is C17H29ClN2. The summed E-state index contributed by atoms with van der Waals surface area (Å²) in [4.78, 5) is 2.36. The maximum Gasteiger partial charge on any atom is 0.0507 e. The van der Waals surface area contributed by atoms with Gasteiger partial charge in [0.1, 0.15) is 0 Å². The van der Waals surface area contributed by atoms with Crippen molar-refractivity contribution in [3.8, 4) is 0 Å². The van der Waals surface area contributed by atoms with E-state index in [0.717, 1.165) is 30.8 Å². The molecule has 114 valence electrons. The monoisotopic (exact) mass is 296 g/mol. The highest BCUT2D eigenvalue weighted by molar-refractivity contribution is 6.30. The lowest BCUT2D eigenvalue weighted by Crippen LogP contribution is -2.53. The topological polar surface area (TPSA) is 15.3 Å². The predicted molar refractivity (Wildman–Crippen MR) is 89.5 cm³/mol. The second-order valence-corrected chi connectivity index (χ2v) is 6.08. The first-order valence-corrected chi connectivity index (χ1v) is 8.05. The molecule has 0 heterocycles. The van der Waals surface area contributed by atoms with E-state index in [9.17, 15) is 0 Å². The average Bonchev–Trinajstić information content (AvgIpc) is 2.43. The standard InChI is InChI=1S/C17H29ClN2/c1-6-12-19-16(14-10-9-11-15(18)13-14)17(7-2,8-3)20(4)5/h9-11,13,16,19H,6-8,12H2,1-5H3. The number of nitrogens with one attached hydrogen (secondary N) is 1. The van der Waals surface area contributed by atoms with E-state index in [-0.39, 0.29) is 5.54 Å². The van der Waals surface area contributed by atoms with Gasteiger partial charge in [-0.2, -0.15) is 0 Å². The van der Waals surface area contributed by atoms with Gasteiger partial charge in [0, 0.05) is 10.6 Å². The van der Waals surface area contributed by atoms with E-state index in [2.05, 4.69) is 57.2 Å². The average molecular weight is 297 g/mol. The summed E-state index contributed by atoms with van der Waals surface area (Å²) in [6, 6.07) is 8.56. The van der Waals surface area contributed by atoms with Crippen molar-refractivity contribution >= 4 is 11.6 Å². The van der Waals surface area contributed by atoms with Crippen molar-refractivity contribution in [2.45, 2.75) is 51.6 Å². The normalized spacial score (nSPS) is 13.8. The van der Waals surface area contributed by atoms with E-state index in [4.69, 9.17) is 11.6 Å². The third-order valence-corrected chi connectivity index (χ3v) is 4.67. The van der Waals surface area contributed by atoms with Crippen LogP contribution in [0.4, 0.5) is 0 Å². The minimum atomic E-state index is 0.111. The van der Waals surface area contributed by atoms with E-state index in [0.29, 0.717) is 6.04 Å². The van der Waals surface area contributed by atoms with Crippen LogP contribution in [-0.4, -0.2) is 31.1 Å². The van der Waals surface area contributed by atoms with Gasteiger partial charge in [-0.25, -0.2) is 0 Å². The molecule has 0 radical (unpaired) electrons. The Morgan fingerprint density at radius 2 is 1.85 bits per heavy atom. The summed E-state index contributed by atoms with van der Waals surface area (Å²) < 4.78 is 0. The molecule has 0 aromatic heterocycles. The molecular weight excluding hydrogens is 268 g/mol. The molecule has 0 saturated heterocycles. The van der Waals surface area contributed by atoms with Crippen molar-refractivity contribution in [2.24, 2.45) is 0 Å². The first kappa shape index (κ1) is 17.5. The zero-order valence-electron chi connectivity index (χ0n) is 13.5. The number of nitrogens with zero attached hydrogens (tertiary/aromatic N) is 1. The highest BCUT2D eigenvalue weighted by Gasteiger charge is 2.38. The number of benzene rings is 1. The van der Waals surface area contributed by atoms with Gasteiger partial charge < -0.3 is 10.2 Å². The summed E-state index contributed by atoms with van der Waals surface area (Å²) in [5, 5.41) is 4.55. The summed E-state index contributed by atoms with van der Waals surface area (Å²) in [5.74, 6) is 0. The Hall–Kier alpha value is -0.570. The van der Waals surface area contributed by atoms with Crippen molar-refractivity contribution in [1.29, 1.82) is 0 Å². The van der Waals surface area contributed by atoms with Crippen LogP contribution < -0.4 is 5.32 Å². The van der Waals surface area contributed by atoms with Gasteiger partial charge in [-0.1, -0.05) is 44.5 Å². The van der Waals surface area contributed by atoms with Crippen molar-refractivity contribution < 1.29 is 0 Å². The molecule has 1 aromatic carbocycles. The summed E-state index contributed by atoms with van der Waals surface area (Å²) >= 11 is 6.20. The molecule has 1 atom stereocenters. The molecule has 1 rings (SSSR count). The van der Waals surface area contributed by atoms with Crippen LogP contribution >= 0.6 is 11.6 Å². The zero-order chi connectivity index (χ0) is 15.2. The Bertz CT molecular complexity index is 400. The quantitative estimate of drug-likeness (QED) is 0.760. The van der Waals surface area contributed by atoms with Gasteiger partial charge in [0.25, 0.3) is 0 Å². The summed E-state index contributed by atoms with van der Waals surface area (Å²) in [6.45, 7) is 7.77. The minimum Gasteiger partial charge on any atom is -0.308 e. The smallest absolute Gasteiger partial charge is 0.0507 e. The van der Waals surface area contributed by atoms with Crippen molar-refractivity contribution in [2.75, 3.05) is 20.6 Å². The third-order valence-electron chi connectivity index (χ3n) is 4.43. The van der Waals surface area contributed by atoms with E-state index >= 15 is 0 Å². The predicted octanol–water partition coefficient (Wildman–Crippen LogP) is 4.50. The highest BCUT2D eigenvalue weighted by Crippen LogP contribution is 2.36. The van der Waals surface area contributed by atoms with Gasteiger partial charge in [0.05, 0.1) is 6.04 Å². The molecule has 1 unspecified atom stereocenters. The van der Waals surface area contributed by atoms with Gasteiger partial charge >= 0.3 is 0 Å². The lowest BCUT2D eigenvalue weighted by Gasteiger charge is -2.46. The summed E-state index contributed by atoms with van der Waals surface area (Å²) in [7, 11) is 4.36. The highest BCUT2D eigenvalue weighted by atomic mass is 35.5. The molecule has 0 saturated carbocycles. The van der Waals surface area contributed by atoms with Crippen LogP contribution in [0.1, 0.15) is 51.6 Å². The molecule has 0 amide bonds. The van der Waals surface area contributed by atoms with Gasteiger partial charge in [0.2, 0.25) is 0 Å². The number of likely N-dealkylation sites (N-methyl/N-ethyl adjacent to an activating group) is 1. The molecule has 0 aliphatic carbocycles. The van der Waals surface area contributed by atoms with Crippen molar-refractivity contribution in [3.05, 3.63) is 34.9 Å². The Morgan fingerprint density at radius 3 is 2.30 bits per heavy atom. The molecule has 0 aliphatic heterocycles. The van der Waals surface area contributed by atoms with Crippen molar-refractivity contribution in [1.82, 2.24) is 10.2 Å². The van der Waals surface area contributed by atoms with Gasteiger partial charge in [-0.3, -0.25) is 0 Å². The Morgan fingerprint density at radius 1 is 1.20 bits per heavy atom. The SMILES string of the molecule is CCCNC(c1cccc(Cl)c1)C(CC)(CC)N(C)C. The fourth-order valence-corrected chi connectivity index (χ4v) is 3.34. The number of hydrogen-bond acceptors (Lipinski definition) is 2. The van der Waals surface area contributed by atoms with Crippen LogP contribution in [0, 0.1) is 0 Å². The van der Waals surface area contributed by atoms with Crippen LogP contribution in [0.2, 0.25) is 5.02 Å². The van der Waals surface area contributed by atoms with E-state index in [1.807, 2.05) is 12.1 Å². The second kappa shape index (κ2) is 8.02. The third kappa shape index (κ3) is 3.75. The Balaban J connectivity index is 3.22. The number of hydrogen-bond donors (Lipinski definition) is 1. The fourth-order valence-electron chi connectivity index (χ4n) is 3.14. The maximum absolute atomic E-state index is 6.20. The van der Waals surface area contributed by atoms with Gasteiger partial charge in [0.15, 0.2) is 0 Å². The van der Waals surface area contributed by atoms with E-state index in [1.165, 1.54) is 5.56 Å². The largest absolute Gasteiger partial charge is 0.308 e. The van der Waals surface area contributed by atoms with Crippen LogP contribution in [0.5, 0.6) is 0 Å².